The molecule has 1 saturated heterocycles. The predicted octanol–water partition coefficient (Wildman–Crippen LogP) is 3.61. The number of hydrogen-bond donors (Lipinski definition) is 1. The summed E-state index contributed by atoms with van der Waals surface area (Å²) >= 11 is 5.80. The first-order valence-electron chi connectivity index (χ1n) is 9.40. The van der Waals surface area contributed by atoms with Gasteiger partial charge >= 0.3 is 6.18 Å². The summed E-state index contributed by atoms with van der Waals surface area (Å²) in [4.78, 5) is 27.6. The van der Waals surface area contributed by atoms with Gasteiger partial charge in [0, 0.05) is 10.7 Å². The zero-order chi connectivity index (χ0) is 21.7. The van der Waals surface area contributed by atoms with E-state index < -0.39 is 24.7 Å². The van der Waals surface area contributed by atoms with Crippen LogP contribution in [0.2, 0.25) is 5.02 Å². The van der Waals surface area contributed by atoms with E-state index in [4.69, 9.17) is 16.0 Å². The first kappa shape index (κ1) is 22.2. The molecule has 1 atom stereocenters. The molecular weight excluding hydrogens is 423 g/mol. The lowest BCUT2D eigenvalue weighted by Gasteiger charge is -2.28. The minimum atomic E-state index is -4.57. The average molecular weight is 444 g/mol. The minimum Gasteiger partial charge on any atom is -0.467 e. The molecule has 1 aliphatic rings. The summed E-state index contributed by atoms with van der Waals surface area (Å²) < 4.78 is 44.4. The normalized spacial score (nSPS) is 17.1. The van der Waals surface area contributed by atoms with Gasteiger partial charge in [-0.25, -0.2) is 0 Å². The molecule has 162 valence electrons. The zero-order valence-electron chi connectivity index (χ0n) is 16.0. The Morgan fingerprint density at radius 1 is 1.23 bits per heavy atom. The number of anilines is 1. The molecule has 30 heavy (non-hydrogen) atoms. The van der Waals surface area contributed by atoms with E-state index in [9.17, 15) is 22.8 Å². The molecule has 1 aromatic carbocycles. The number of amides is 2. The molecule has 1 N–H and O–H groups in total. The number of rotatable bonds is 7. The highest BCUT2D eigenvalue weighted by molar-refractivity contribution is 6.30. The smallest absolute Gasteiger partial charge is 0.406 e. The summed E-state index contributed by atoms with van der Waals surface area (Å²) in [5.41, 5.74) is 0.0970. The van der Waals surface area contributed by atoms with Gasteiger partial charge in [-0.1, -0.05) is 11.6 Å². The lowest BCUT2D eigenvalue weighted by atomic mass is 10.2. The fourth-order valence-electron chi connectivity index (χ4n) is 3.40. The molecule has 1 aromatic heterocycles. The van der Waals surface area contributed by atoms with Gasteiger partial charge in [0.15, 0.2) is 0 Å². The number of nitrogens with zero attached hydrogens (tertiary/aromatic N) is 2. The van der Waals surface area contributed by atoms with Gasteiger partial charge in [0.25, 0.3) is 0 Å². The number of benzene rings is 1. The number of nitrogens with one attached hydrogen (secondary N) is 1. The number of hydrogen-bond acceptors (Lipinski definition) is 4. The second-order valence-corrected chi connectivity index (χ2v) is 7.43. The predicted molar refractivity (Wildman–Crippen MR) is 105 cm³/mol. The maximum absolute atomic E-state index is 13.1. The van der Waals surface area contributed by atoms with Gasteiger partial charge in [0.2, 0.25) is 11.8 Å². The first-order valence-corrected chi connectivity index (χ1v) is 9.77. The standard InChI is InChI=1S/C20H21ClF3N3O3/c21-14-5-7-15(8-6-14)27(13-20(22,23)24)18(28)12-26-9-1-4-17(26)19(29)25-11-16-3-2-10-30-16/h2-3,5-8,10,17H,1,4,9,11-13H2,(H,25,29)/t17-/m0/s1. The lowest BCUT2D eigenvalue weighted by Crippen LogP contribution is -2.49. The van der Waals surface area contributed by atoms with Crippen LogP contribution in [0.4, 0.5) is 18.9 Å². The van der Waals surface area contributed by atoms with Crippen molar-refractivity contribution in [2.75, 3.05) is 24.5 Å². The van der Waals surface area contributed by atoms with Crippen molar-refractivity contribution in [3.8, 4) is 0 Å². The molecule has 0 saturated carbocycles. The lowest BCUT2D eigenvalue weighted by molar-refractivity contribution is -0.134. The highest BCUT2D eigenvalue weighted by atomic mass is 35.5. The molecule has 0 spiro atoms. The summed E-state index contributed by atoms with van der Waals surface area (Å²) in [6.45, 7) is -1.06. The van der Waals surface area contributed by atoms with Crippen LogP contribution in [0.3, 0.4) is 0 Å². The van der Waals surface area contributed by atoms with Gasteiger partial charge in [-0.15, -0.1) is 0 Å². The zero-order valence-corrected chi connectivity index (χ0v) is 16.7. The highest BCUT2D eigenvalue weighted by Gasteiger charge is 2.37. The van der Waals surface area contributed by atoms with Crippen LogP contribution in [-0.4, -0.2) is 48.6 Å². The van der Waals surface area contributed by atoms with E-state index in [-0.39, 0.29) is 24.7 Å². The van der Waals surface area contributed by atoms with Crippen LogP contribution in [0.25, 0.3) is 0 Å². The largest absolute Gasteiger partial charge is 0.467 e. The van der Waals surface area contributed by atoms with E-state index in [2.05, 4.69) is 5.32 Å². The molecule has 10 heteroatoms. The van der Waals surface area contributed by atoms with Gasteiger partial charge in [0.1, 0.15) is 12.3 Å². The summed E-state index contributed by atoms with van der Waals surface area (Å²) in [7, 11) is 0. The summed E-state index contributed by atoms with van der Waals surface area (Å²) in [6, 6.07) is 8.42. The maximum Gasteiger partial charge on any atom is 0.406 e. The van der Waals surface area contributed by atoms with Gasteiger partial charge in [-0.3, -0.25) is 14.5 Å². The quantitative estimate of drug-likeness (QED) is 0.710. The number of alkyl halides is 3. The third-order valence-electron chi connectivity index (χ3n) is 4.80. The third-order valence-corrected chi connectivity index (χ3v) is 5.05. The Hall–Kier alpha value is -2.52. The molecule has 3 rings (SSSR count). The van der Waals surface area contributed by atoms with Crippen molar-refractivity contribution in [2.24, 2.45) is 0 Å². The fourth-order valence-corrected chi connectivity index (χ4v) is 3.53. The molecule has 2 amide bonds. The number of furan rings is 1. The van der Waals surface area contributed by atoms with Gasteiger partial charge in [-0.2, -0.15) is 13.2 Å². The Balaban J connectivity index is 1.67. The second kappa shape index (κ2) is 9.53. The van der Waals surface area contributed by atoms with Gasteiger partial charge in [-0.05, 0) is 55.8 Å². The molecule has 0 unspecified atom stereocenters. The van der Waals surface area contributed by atoms with Crippen LogP contribution in [-0.2, 0) is 16.1 Å². The van der Waals surface area contributed by atoms with Crippen LogP contribution in [0, 0.1) is 0 Å². The first-order chi connectivity index (χ1) is 14.2. The van der Waals surface area contributed by atoms with Crippen LogP contribution in [0.5, 0.6) is 0 Å². The molecule has 2 heterocycles. The molecule has 1 aliphatic heterocycles. The molecule has 0 radical (unpaired) electrons. The topological polar surface area (TPSA) is 65.8 Å². The fraction of sp³-hybridized carbons (Fsp3) is 0.400. The molecule has 0 bridgehead atoms. The van der Waals surface area contributed by atoms with Crippen molar-refractivity contribution >= 4 is 29.1 Å². The molecule has 1 fully saturated rings. The van der Waals surface area contributed by atoms with Crippen molar-refractivity contribution in [2.45, 2.75) is 31.6 Å². The van der Waals surface area contributed by atoms with Crippen molar-refractivity contribution < 1.29 is 27.2 Å². The molecule has 2 aromatic rings. The molecule has 6 nitrogen and oxygen atoms in total. The Kier molecular flexibility index (Phi) is 7.04. The second-order valence-electron chi connectivity index (χ2n) is 7.00. The Morgan fingerprint density at radius 2 is 1.97 bits per heavy atom. The number of likely N-dealkylation sites (tertiary alicyclic amines) is 1. The maximum atomic E-state index is 13.1. The Labute approximate surface area is 176 Å². The van der Waals surface area contributed by atoms with Crippen molar-refractivity contribution in [1.82, 2.24) is 10.2 Å². The Morgan fingerprint density at radius 3 is 2.60 bits per heavy atom. The van der Waals surface area contributed by atoms with E-state index in [0.29, 0.717) is 35.1 Å². The minimum absolute atomic E-state index is 0.0970. The van der Waals surface area contributed by atoms with E-state index in [1.165, 1.54) is 30.5 Å². The van der Waals surface area contributed by atoms with E-state index in [0.717, 1.165) is 0 Å². The van der Waals surface area contributed by atoms with E-state index in [1.54, 1.807) is 17.0 Å². The third kappa shape index (κ3) is 5.99. The number of carbonyl (C=O) groups is 2. The van der Waals surface area contributed by atoms with Crippen molar-refractivity contribution in [3.63, 3.8) is 0 Å². The van der Waals surface area contributed by atoms with E-state index >= 15 is 0 Å². The molecule has 0 aliphatic carbocycles. The highest BCUT2D eigenvalue weighted by Crippen LogP contribution is 2.25. The summed E-state index contributed by atoms with van der Waals surface area (Å²) in [5, 5.41) is 3.09. The van der Waals surface area contributed by atoms with Gasteiger partial charge in [0.05, 0.1) is 25.4 Å². The number of halogens is 4. The summed E-state index contributed by atoms with van der Waals surface area (Å²) in [6.07, 6.45) is -1.88. The van der Waals surface area contributed by atoms with Crippen molar-refractivity contribution in [1.29, 1.82) is 0 Å². The van der Waals surface area contributed by atoms with Crippen LogP contribution < -0.4 is 10.2 Å². The van der Waals surface area contributed by atoms with Crippen LogP contribution in [0.15, 0.2) is 47.1 Å². The Bertz CT molecular complexity index is 856. The molecular formula is C20H21ClF3N3O3. The SMILES string of the molecule is O=C(NCc1ccco1)[C@@H]1CCCN1CC(=O)N(CC(F)(F)F)c1ccc(Cl)cc1. The van der Waals surface area contributed by atoms with E-state index in [1.807, 2.05) is 0 Å². The van der Waals surface area contributed by atoms with Crippen LogP contribution >= 0.6 is 11.6 Å². The van der Waals surface area contributed by atoms with Crippen molar-refractivity contribution in [3.05, 3.63) is 53.4 Å². The number of carbonyl (C=O) groups excluding carboxylic acids is 2. The average Bonchev–Trinajstić information content (AvgIpc) is 3.36. The summed E-state index contributed by atoms with van der Waals surface area (Å²) in [5.74, 6) is -0.436. The van der Waals surface area contributed by atoms with Gasteiger partial charge < -0.3 is 14.6 Å². The monoisotopic (exact) mass is 443 g/mol. The van der Waals surface area contributed by atoms with Crippen LogP contribution in [0.1, 0.15) is 18.6 Å².